The van der Waals surface area contributed by atoms with Crippen LogP contribution in [0.3, 0.4) is 0 Å². The molecule has 3 aromatic rings. The van der Waals surface area contributed by atoms with Crippen molar-refractivity contribution in [2.45, 2.75) is 88.7 Å². The summed E-state index contributed by atoms with van der Waals surface area (Å²) in [5.74, 6) is 0.0919. The second-order valence-electron chi connectivity index (χ2n) is 12.4. The van der Waals surface area contributed by atoms with E-state index in [2.05, 4.69) is 16.7 Å². The zero-order valence-corrected chi connectivity index (χ0v) is 25.7. The maximum atomic E-state index is 13.9. The molecule has 1 heterocycles. The molecule has 3 aromatic carbocycles. The Morgan fingerprint density at radius 3 is 2.33 bits per heavy atom. The van der Waals surface area contributed by atoms with E-state index in [1.165, 1.54) is 6.07 Å². The smallest absolute Gasteiger partial charge is 0.390 e. The Kier molecular flexibility index (Phi) is 10.6. The summed E-state index contributed by atoms with van der Waals surface area (Å²) in [6, 6.07) is 19.9. The summed E-state index contributed by atoms with van der Waals surface area (Å²) in [5.41, 5.74) is 3.26. The van der Waals surface area contributed by atoms with Gasteiger partial charge in [0.05, 0.1) is 23.8 Å². The van der Waals surface area contributed by atoms with E-state index in [9.17, 15) is 27.9 Å². The van der Waals surface area contributed by atoms with Gasteiger partial charge in [0.25, 0.3) is 5.91 Å². The van der Waals surface area contributed by atoms with Crippen LogP contribution in [0.1, 0.15) is 95.6 Å². The summed E-state index contributed by atoms with van der Waals surface area (Å²) in [6.45, 7) is 2.49. The van der Waals surface area contributed by atoms with E-state index >= 15 is 0 Å². The second-order valence-corrected chi connectivity index (χ2v) is 12.4. The molecular weight excluding hydrogens is 579 g/mol. The zero-order valence-electron chi connectivity index (χ0n) is 25.7. The van der Waals surface area contributed by atoms with Gasteiger partial charge in [-0.25, -0.2) is 0 Å². The Balaban J connectivity index is 1.34. The van der Waals surface area contributed by atoms with Gasteiger partial charge in [-0.1, -0.05) is 67.4 Å². The topological polar surface area (TPSA) is 81.7 Å². The standard InChI is InChI=1S/C36H42F3N3O3/c1-24(43)42-16-8-15-33(42)29-19-28(27-12-5-6-13-27)20-30(21-29)35(45)41-32(18-25-9-3-2-4-10-25)34(44)23-40-22-26-11-7-14-31(17-26)36(37,38)39/h2-4,7,9-11,14,17,19-21,27,32-34,40,44H,5-6,8,12-13,15-16,18,22-23H2,1H3,(H,41,45)/t32-,33-,34+/m0/s1. The monoisotopic (exact) mass is 621 g/mol. The second kappa shape index (κ2) is 14.6. The molecule has 0 aromatic heterocycles. The molecule has 2 amide bonds. The van der Waals surface area contributed by atoms with Crippen LogP contribution in [0, 0.1) is 0 Å². The molecule has 1 saturated carbocycles. The van der Waals surface area contributed by atoms with Gasteiger partial charge in [0.2, 0.25) is 5.91 Å². The number of amides is 2. The molecule has 3 N–H and O–H groups in total. The van der Waals surface area contributed by atoms with Crippen molar-refractivity contribution in [2.75, 3.05) is 13.1 Å². The largest absolute Gasteiger partial charge is 0.416 e. The average Bonchev–Trinajstić information content (AvgIpc) is 3.74. The van der Waals surface area contributed by atoms with Crippen LogP contribution in [0.4, 0.5) is 13.2 Å². The van der Waals surface area contributed by atoms with Crippen molar-refractivity contribution < 1.29 is 27.9 Å². The number of hydrogen-bond donors (Lipinski definition) is 3. The molecule has 6 nitrogen and oxygen atoms in total. The Morgan fingerprint density at radius 2 is 1.62 bits per heavy atom. The molecule has 0 radical (unpaired) electrons. The Bertz CT molecular complexity index is 1460. The molecule has 2 fully saturated rings. The van der Waals surface area contributed by atoms with E-state index in [0.717, 1.165) is 67.3 Å². The minimum atomic E-state index is -4.43. The number of carbonyl (C=O) groups excluding carboxylic acids is 2. The third-order valence-electron chi connectivity index (χ3n) is 9.12. The fourth-order valence-corrected chi connectivity index (χ4v) is 6.75. The summed E-state index contributed by atoms with van der Waals surface area (Å²) in [7, 11) is 0. The number of nitrogens with zero attached hydrogens (tertiary/aromatic N) is 1. The normalized spacial score (nSPS) is 18.6. The molecule has 9 heteroatoms. The number of carbonyl (C=O) groups is 2. The quantitative estimate of drug-likeness (QED) is 0.227. The molecule has 1 saturated heterocycles. The number of aliphatic hydroxyl groups is 1. The van der Waals surface area contributed by atoms with E-state index in [4.69, 9.17) is 0 Å². The predicted octanol–water partition coefficient (Wildman–Crippen LogP) is 6.54. The molecule has 1 aliphatic heterocycles. The Hall–Kier alpha value is -3.69. The Morgan fingerprint density at radius 1 is 0.911 bits per heavy atom. The van der Waals surface area contributed by atoms with Crippen LogP contribution in [-0.4, -0.2) is 47.1 Å². The van der Waals surface area contributed by atoms with Crippen LogP contribution in [0.5, 0.6) is 0 Å². The Labute approximate surface area is 263 Å². The molecule has 1 aliphatic carbocycles. The van der Waals surface area contributed by atoms with Crippen LogP contribution in [0.15, 0.2) is 72.8 Å². The first kappa shape index (κ1) is 32.7. The van der Waals surface area contributed by atoms with Gasteiger partial charge in [-0.3, -0.25) is 9.59 Å². The van der Waals surface area contributed by atoms with E-state index < -0.39 is 23.9 Å². The van der Waals surface area contributed by atoms with Crippen LogP contribution >= 0.6 is 0 Å². The van der Waals surface area contributed by atoms with Gasteiger partial charge in [0.1, 0.15) is 0 Å². The summed E-state index contributed by atoms with van der Waals surface area (Å²) in [4.78, 5) is 28.2. The van der Waals surface area contributed by atoms with Crippen molar-refractivity contribution in [3.05, 3.63) is 106 Å². The number of rotatable bonds is 11. The fraction of sp³-hybridized carbons (Fsp3) is 0.444. The highest BCUT2D eigenvalue weighted by molar-refractivity contribution is 5.95. The first-order chi connectivity index (χ1) is 21.6. The minimum Gasteiger partial charge on any atom is -0.390 e. The molecule has 5 rings (SSSR count). The van der Waals surface area contributed by atoms with Crippen LogP contribution in [-0.2, 0) is 23.9 Å². The summed E-state index contributed by atoms with van der Waals surface area (Å²) in [5, 5.41) is 17.4. The van der Waals surface area contributed by atoms with Crippen molar-refractivity contribution in [1.29, 1.82) is 0 Å². The third-order valence-corrected chi connectivity index (χ3v) is 9.12. The number of benzene rings is 3. The summed E-state index contributed by atoms with van der Waals surface area (Å²) >= 11 is 0. The molecule has 45 heavy (non-hydrogen) atoms. The number of alkyl halides is 3. The van der Waals surface area contributed by atoms with Crippen molar-refractivity contribution in [3.63, 3.8) is 0 Å². The van der Waals surface area contributed by atoms with Gasteiger partial charge in [0.15, 0.2) is 0 Å². The van der Waals surface area contributed by atoms with Gasteiger partial charge < -0.3 is 20.6 Å². The minimum absolute atomic E-state index is 0.0263. The highest BCUT2D eigenvalue weighted by atomic mass is 19.4. The predicted molar refractivity (Wildman–Crippen MR) is 168 cm³/mol. The lowest BCUT2D eigenvalue weighted by atomic mass is 9.90. The van der Waals surface area contributed by atoms with Crippen molar-refractivity contribution >= 4 is 11.8 Å². The van der Waals surface area contributed by atoms with Crippen molar-refractivity contribution in [2.24, 2.45) is 0 Å². The van der Waals surface area contributed by atoms with Crippen molar-refractivity contribution in [1.82, 2.24) is 15.5 Å². The number of hydrogen-bond acceptors (Lipinski definition) is 4. The van der Waals surface area contributed by atoms with Gasteiger partial charge >= 0.3 is 6.18 Å². The van der Waals surface area contributed by atoms with Gasteiger partial charge in [-0.15, -0.1) is 0 Å². The van der Waals surface area contributed by atoms with E-state index in [-0.39, 0.29) is 30.9 Å². The van der Waals surface area contributed by atoms with E-state index in [0.29, 0.717) is 30.0 Å². The van der Waals surface area contributed by atoms with Crippen LogP contribution < -0.4 is 10.6 Å². The molecule has 0 spiro atoms. The maximum absolute atomic E-state index is 13.9. The van der Waals surface area contributed by atoms with Gasteiger partial charge in [-0.2, -0.15) is 13.2 Å². The van der Waals surface area contributed by atoms with Gasteiger partial charge in [-0.05, 0) is 78.5 Å². The van der Waals surface area contributed by atoms with E-state index in [1.54, 1.807) is 13.0 Å². The number of likely N-dealkylation sites (tertiary alicyclic amines) is 1. The van der Waals surface area contributed by atoms with Crippen molar-refractivity contribution in [3.8, 4) is 0 Å². The summed E-state index contributed by atoms with van der Waals surface area (Å²) < 4.78 is 39.5. The lowest BCUT2D eigenvalue weighted by Gasteiger charge is -2.27. The highest BCUT2D eigenvalue weighted by Crippen LogP contribution is 2.38. The SMILES string of the molecule is CC(=O)N1CCC[C@H]1c1cc(C(=O)N[C@@H](Cc2ccccc2)[C@H](O)CNCc2cccc(C(F)(F)F)c2)cc(C2CCCC2)c1. The lowest BCUT2D eigenvalue weighted by molar-refractivity contribution is -0.137. The van der Waals surface area contributed by atoms with Gasteiger partial charge in [0, 0.05) is 32.1 Å². The number of nitrogens with one attached hydrogen (secondary N) is 2. The summed E-state index contributed by atoms with van der Waals surface area (Å²) in [6.07, 6.45) is 1.13. The zero-order chi connectivity index (χ0) is 32.0. The first-order valence-corrected chi connectivity index (χ1v) is 15.9. The number of aliphatic hydroxyl groups excluding tert-OH is 1. The molecule has 0 unspecified atom stereocenters. The molecule has 2 aliphatic rings. The highest BCUT2D eigenvalue weighted by Gasteiger charge is 2.32. The van der Waals surface area contributed by atoms with E-state index in [1.807, 2.05) is 47.4 Å². The van der Waals surface area contributed by atoms with Crippen LogP contribution in [0.2, 0.25) is 0 Å². The molecule has 0 bridgehead atoms. The first-order valence-electron chi connectivity index (χ1n) is 15.9. The molecule has 3 atom stereocenters. The van der Waals surface area contributed by atoms with Crippen LogP contribution in [0.25, 0.3) is 0 Å². The number of halogens is 3. The molecular formula is C36H42F3N3O3. The third kappa shape index (κ3) is 8.52. The lowest BCUT2D eigenvalue weighted by Crippen LogP contribution is -2.48. The average molecular weight is 622 g/mol. The maximum Gasteiger partial charge on any atom is 0.416 e. The molecule has 240 valence electrons. The fourth-order valence-electron chi connectivity index (χ4n) is 6.75.